The number of rotatable bonds is 8. The minimum Gasteiger partial charge on any atom is -0.467 e. The molecule has 32 heavy (non-hydrogen) atoms. The van der Waals surface area contributed by atoms with Crippen LogP contribution in [-0.2, 0) is 21.4 Å². The van der Waals surface area contributed by atoms with Crippen LogP contribution in [0.5, 0.6) is 0 Å². The van der Waals surface area contributed by atoms with E-state index in [-0.39, 0.29) is 16.6 Å². The number of aromatic nitrogens is 2. The SMILES string of the molecule is Cc1c(C#N)c(NC(=O)CSc2ccc(S(=O)(=O)N(C)C)cn2)n(Cc2ccco2)c1C. The summed E-state index contributed by atoms with van der Waals surface area (Å²) in [4.78, 5) is 16.8. The van der Waals surface area contributed by atoms with Gasteiger partial charge in [-0.25, -0.2) is 17.7 Å². The summed E-state index contributed by atoms with van der Waals surface area (Å²) in [5, 5.41) is 13.0. The van der Waals surface area contributed by atoms with Crippen LogP contribution in [0.4, 0.5) is 5.82 Å². The zero-order chi connectivity index (χ0) is 23.5. The van der Waals surface area contributed by atoms with Gasteiger partial charge in [0, 0.05) is 26.0 Å². The van der Waals surface area contributed by atoms with Gasteiger partial charge in [-0.2, -0.15) is 5.26 Å². The largest absolute Gasteiger partial charge is 0.467 e. The number of nitrogens with one attached hydrogen (secondary N) is 1. The van der Waals surface area contributed by atoms with Crippen LogP contribution < -0.4 is 5.32 Å². The number of pyridine rings is 1. The number of thioether (sulfide) groups is 1. The average molecular weight is 474 g/mol. The van der Waals surface area contributed by atoms with Gasteiger partial charge in [-0.15, -0.1) is 0 Å². The first-order chi connectivity index (χ1) is 15.1. The van der Waals surface area contributed by atoms with Crippen LogP contribution >= 0.6 is 11.8 Å². The summed E-state index contributed by atoms with van der Waals surface area (Å²) in [6.45, 7) is 4.11. The van der Waals surface area contributed by atoms with Crippen molar-refractivity contribution in [3.8, 4) is 6.07 Å². The molecule has 11 heteroatoms. The number of nitriles is 1. The second-order valence-corrected chi connectivity index (χ2v) is 10.3. The molecule has 168 valence electrons. The van der Waals surface area contributed by atoms with Crippen LogP contribution in [-0.4, -0.2) is 48.0 Å². The Labute approximate surface area is 191 Å². The molecule has 0 unspecified atom stereocenters. The number of amides is 1. The van der Waals surface area contributed by atoms with Crippen LogP contribution in [0.1, 0.15) is 22.6 Å². The van der Waals surface area contributed by atoms with E-state index in [1.807, 2.05) is 24.5 Å². The number of anilines is 1. The predicted octanol–water partition coefficient (Wildman–Crippen LogP) is 2.99. The van der Waals surface area contributed by atoms with Crippen LogP contribution in [0.3, 0.4) is 0 Å². The monoisotopic (exact) mass is 473 g/mol. The van der Waals surface area contributed by atoms with Crippen molar-refractivity contribution in [1.82, 2.24) is 13.9 Å². The van der Waals surface area contributed by atoms with Gasteiger partial charge in [0.25, 0.3) is 0 Å². The number of furan rings is 1. The first kappa shape index (κ1) is 23.6. The molecule has 0 saturated heterocycles. The van der Waals surface area contributed by atoms with Gasteiger partial charge in [0.05, 0.1) is 29.2 Å². The Bertz CT molecular complexity index is 1250. The fourth-order valence-electron chi connectivity index (χ4n) is 3.01. The Hall–Kier alpha value is -3.07. The summed E-state index contributed by atoms with van der Waals surface area (Å²) in [5.74, 6) is 0.859. The maximum Gasteiger partial charge on any atom is 0.244 e. The number of carbonyl (C=O) groups is 1. The van der Waals surface area contributed by atoms with Gasteiger partial charge >= 0.3 is 0 Å². The fourth-order valence-corrected chi connectivity index (χ4v) is 4.50. The van der Waals surface area contributed by atoms with E-state index in [1.54, 1.807) is 18.4 Å². The van der Waals surface area contributed by atoms with Crippen molar-refractivity contribution in [2.75, 3.05) is 25.2 Å². The Balaban J connectivity index is 1.73. The van der Waals surface area contributed by atoms with E-state index < -0.39 is 10.0 Å². The van der Waals surface area contributed by atoms with Crippen molar-refractivity contribution >= 4 is 33.5 Å². The average Bonchev–Trinajstić information content (AvgIpc) is 3.35. The molecule has 0 fully saturated rings. The summed E-state index contributed by atoms with van der Waals surface area (Å²) in [6.07, 6.45) is 2.84. The minimum absolute atomic E-state index is 0.0433. The highest BCUT2D eigenvalue weighted by Gasteiger charge is 2.21. The van der Waals surface area contributed by atoms with E-state index in [0.29, 0.717) is 28.7 Å². The standard InChI is InChI=1S/C21H23N5O4S2/c1-14-15(2)26(12-16-6-5-9-30-16)21(18(14)10-22)24-19(27)13-31-20-8-7-17(11-23-20)32(28,29)25(3)4/h5-9,11H,12-13H2,1-4H3,(H,24,27). The number of nitrogens with zero attached hydrogens (tertiary/aromatic N) is 4. The number of hydrogen-bond acceptors (Lipinski definition) is 7. The summed E-state index contributed by atoms with van der Waals surface area (Å²) < 4.78 is 32.6. The van der Waals surface area contributed by atoms with Crippen molar-refractivity contribution < 1.29 is 17.6 Å². The van der Waals surface area contributed by atoms with E-state index in [1.165, 1.54) is 38.1 Å². The fraction of sp³-hybridized carbons (Fsp3) is 0.286. The quantitative estimate of drug-likeness (QED) is 0.499. The number of sulfonamides is 1. The second kappa shape index (κ2) is 9.60. The van der Waals surface area contributed by atoms with Gasteiger partial charge in [-0.3, -0.25) is 4.79 Å². The minimum atomic E-state index is -3.56. The normalized spacial score (nSPS) is 11.5. The number of hydrogen-bond donors (Lipinski definition) is 1. The lowest BCUT2D eigenvalue weighted by atomic mass is 10.2. The highest BCUT2D eigenvalue weighted by molar-refractivity contribution is 7.99. The van der Waals surface area contributed by atoms with Gasteiger partial charge < -0.3 is 14.3 Å². The molecule has 0 saturated carbocycles. The molecule has 0 atom stereocenters. The molecule has 0 bridgehead atoms. The molecule has 0 aliphatic rings. The summed E-state index contributed by atoms with van der Waals surface area (Å²) in [7, 11) is -0.665. The topological polar surface area (TPSA) is 121 Å². The van der Waals surface area contributed by atoms with Crippen molar-refractivity contribution in [3.63, 3.8) is 0 Å². The molecule has 0 aliphatic carbocycles. The van der Waals surface area contributed by atoms with Crippen molar-refractivity contribution in [3.05, 3.63) is 59.3 Å². The Morgan fingerprint density at radius 3 is 2.62 bits per heavy atom. The molecule has 1 N–H and O–H groups in total. The van der Waals surface area contributed by atoms with Gasteiger partial charge in [0.1, 0.15) is 22.5 Å². The Kier molecular flexibility index (Phi) is 7.08. The molecule has 3 rings (SSSR count). The molecular formula is C21H23N5O4S2. The van der Waals surface area contributed by atoms with Crippen molar-refractivity contribution in [2.24, 2.45) is 0 Å². The third-order valence-electron chi connectivity index (χ3n) is 4.93. The lowest BCUT2D eigenvalue weighted by Gasteiger charge is -2.12. The zero-order valence-corrected chi connectivity index (χ0v) is 19.7. The molecular weight excluding hydrogens is 450 g/mol. The summed E-state index contributed by atoms with van der Waals surface area (Å²) in [6, 6.07) is 8.79. The first-order valence-electron chi connectivity index (χ1n) is 9.58. The lowest BCUT2D eigenvalue weighted by Crippen LogP contribution is -2.22. The lowest BCUT2D eigenvalue weighted by molar-refractivity contribution is -0.113. The Morgan fingerprint density at radius 1 is 1.31 bits per heavy atom. The Morgan fingerprint density at radius 2 is 2.06 bits per heavy atom. The van der Waals surface area contributed by atoms with Crippen molar-refractivity contribution in [2.45, 2.75) is 30.3 Å². The van der Waals surface area contributed by atoms with Gasteiger partial charge in [-0.05, 0) is 43.7 Å². The molecule has 1 amide bonds. The highest BCUT2D eigenvalue weighted by Crippen LogP contribution is 2.28. The first-order valence-corrected chi connectivity index (χ1v) is 12.0. The highest BCUT2D eigenvalue weighted by atomic mass is 32.2. The van der Waals surface area contributed by atoms with E-state index in [0.717, 1.165) is 15.6 Å². The van der Waals surface area contributed by atoms with Crippen LogP contribution in [0.25, 0.3) is 0 Å². The maximum atomic E-state index is 12.6. The van der Waals surface area contributed by atoms with Gasteiger partial charge in [0.2, 0.25) is 15.9 Å². The molecule has 9 nitrogen and oxygen atoms in total. The van der Waals surface area contributed by atoms with Crippen LogP contribution in [0.2, 0.25) is 0 Å². The molecule has 0 radical (unpaired) electrons. The van der Waals surface area contributed by atoms with Crippen LogP contribution in [0, 0.1) is 25.2 Å². The van der Waals surface area contributed by atoms with E-state index >= 15 is 0 Å². The van der Waals surface area contributed by atoms with Gasteiger partial charge in [-0.1, -0.05) is 11.8 Å². The second-order valence-electron chi connectivity index (χ2n) is 7.17. The third kappa shape index (κ3) is 4.88. The molecule has 0 aromatic carbocycles. The van der Waals surface area contributed by atoms with Crippen LogP contribution in [0.15, 0.2) is 51.1 Å². The predicted molar refractivity (Wildman–Crippen MR) is 121 cm³/mol. The summed E-state index contributed by atoms with van der Waals surface area (Å²) in [5.41, 5.74) is 2.06. The maximum absolute atomic E-state index is 12.6. The third-order valence-corrected chi connectivity index (χ3v) is 7.67. The van der Waals surface area contributed by atoms with E-state index in [4.69, 9.17) is 4.42 Å². The molecule has 0 aliphatic heterocycles. The zero-order valence-electron chi connectivity index (χ0n) is 18.1. The van der Waals surface area contributed by atoms with E-state index in [9.17, 15) is 18.5 Å². The van der Waals surface area contributed by atoms with Gasteiger partial charge in [0.15, 0.2) is 0 Å². The van der Waals surface area contributed by atoms with E-state index in [2.05, 4.69) is 16.4 Å². The van der Waals surface area contributed by atoms with Crippen molar-refractivity contribution in [1.29, 1.82) is 5.26 Å². The molecule has 0 spiro atoms. The summed E-state index contributed by atoms with van der Waals surface area (Å²) >= 11 is 1.17. The molecule has 3 heterocycles. The number of carbonyl (C=O) groups excluding carboxylic acids is 1. The smallest absolute Gasteiger partial charge is 0.244 e. The molecule has 3 aromatic rings. The molecule has 3 aromatic heterocycles.